The number of pyridine rings is 2. The van der Waals surface area contributed by atoms with E-state index in [0.717, 1.165) is 34.3 Å². The molecule has 2 aromatic heterocycles. The van der Waals surface area contributed by atoms with Gasteiger partial charge in [-0.3, -0.25) is 9.71 Å². The van der Waals surface area contributed by atoms with Gasteiger partial charge in [-0.2, -0.15) is 0 Å². The molecule has 170 valence electrons. The second-order valence-corrected chi connectivity index (χ2v) is 9.17. The molecule has 0 aliphatic carbocycles. The zero-order valence-corrected chi connectivity index (χ0v) is 19.1. The van der Waals surface area contributed by atoms with E-state index in [1.165, 1.54) is 12.1 Å². The minimum absolute atomic E-state index is 0.00573. The van der Waals surface area contributed by atoms with Crippen molar-refractivity contribution in [3.8, 4) is 11.1 Å². The van der Waals surface area contributed by atoms with Gasteiger partial charge in [0.05, 0.1) is 22.7 Å². The highest BCUT2D eigenvalue weighted by Gasteiger charge is 2.17. The van der Waals surface area contributed by atoms with Crippen molar-refractivity contribution >= 4 is 43.9 Å². The van der Waals surface area contributed by atoms with Crippen LogP contribution in [0.5, 0.6) is 0 Å². The number of fused-ring (bicyclic) bond motifs is 1. The van der Waals surface area contributed by atoms with E-state index in [1.54, 1.807) is 25.6 Å². The van der Waals surface area contributed by atoms with Crippen LogP contribution in [0.15, 0.2) is 71.9 Å². The lowest BCUT2D eigenvalue weighted by atomic mass is 10.0. The summed E-state index contributed by atoms with van der Waals surface area (Å²) in [5, 5.41) is 4.21. The first kappa shape index (κ1) is 22.9. The van der Waals surface area contributed by atoms with Crippen molar-refractivity contribution in [2.24, 2.45) is 0 Å². The number of nitrogens with zero attached hydrogens (tertiary/aromatic N) is 2. The first-order valence-corrected chi connectivity index (χ1v) is 11.8. The Morgan fingerprint density at radius 1 is 1.00 bits per heavy atom. The van der Waals surface area contributed by atoms with Crippen molar-refractivity contribution in [3.05, 3.63) is 78.0 Å². The molecule has 0 amide bonds. The number of ether oxygens (including phenoxy) is 1. The molecule has 10 heteroatoms. The van der Waals surface area contributed by atoms with Crippen LogP contribution in [0.1, 0.15) is 0 Å². The van der Waals surface area contributed by atoms with E-state index in [2.05, 4.69) is 20.0 Å². The minimum Gasteiger partial charge on any atom is -0.383 e. The fraction of sp³-hybridized carbons (Fsp3) is 0.130. The zero-order valence-electron chi connectivity index (χ0n) is 17.5. The van der Waals surface area contributed by atoms with Gasteiger partial charge in [0.25, 0.3) is 10.0 Å². The van der Waals surface area contributed by atoms with Crippen molar-refractivity contribution < 1.29 is 17.5 Å². The number of hydrogen-bond donors (Lipinski definition) is 2. The van der Waals surface area contributed by atoms with Gasteiger partial charge in [-0.25, -0.2) is 17.8 Å². The van der Waals surface area contributed by atoms with E-state index in [-0.39, 0.29) is 15.7 Å². The van der Waals surface area contributed by atoms with Crippen LogP contribution >= 0.6 is 11.6 Å². The number of halogens is 2. The molecule has 2 heterocycles. The van der Waals surface area contributed by atoms with Crippen LogP contribution in [0.3, 0.4) is 0 Å². The first-order valence-electron chi connectivity index (χ1n) is 9.93. The minimum atomic E-state index is -3.98. The van der Waals surface area contributed by atoms with E-state index in [4.69, 9.17) is 16.3 Å². The van der Waals surface area contributed by atoms with Gasteiger partial charge in [-0.15, -0.1) is 0 Å². The molecule has 7 nitrogen and oxygen atoms in total. The summed E-state index contributed by atoms with van der Waals surface area (Å²) in [6, 6.07) is 13.7. The fourth-order valence-electron chi connectivity index (χ4n) is 3.26. The molecule has 0 saturated heterocycles. The predicted molar refractivity (Wildman–Crippen MR) is 128 cm³/mol. The maximum atomic E-state index is 13.2. The summed E-state index contributed by atoms with van der Waals surface area (Å²) in [4.78, 5) is 8.45. The van der Waals surface area contributed by atoms with Crippen LogP contribution in [-0.2, 0) is 14.8 Å². The van der Waals surface area contributed by atoms with Gasteiger partial charge in [0, 0.05) is 42.7 Å². The fourth-order valence-corrected chi connectivity index (χ4v) is 4.53. The number of benzene rings is 2. The molecule has 4 rings (SSSR count). The highest BCUT2D eigenvalue weighted by Crippen LogP contribution is 2.32. The summed E-state index contributed by atoms with van der Waals surface area (Å²) < 4.78 is 46.1. The normalized spacial score (nSPS) is 11.5. The van der Waals surface area contributed by atoms with Crippen molar-refractivity contribution in [1.82, 2.24) is 9.97 Å². The number of nitrogens with one attached hydrogen (secondary N) is 2. The number of hydrogen-bond acceptors (Lipinski definition) is 6. The Bertz CT molecular complexity index is 1400. The maximum absolute atomic E-state index is 13.2. The molecular formula is C23H20ClFN4O3S. The summed E-state index contributed by atoms with van der Waals surface area (Å²) in [5.41, 5.74) is 3.28. The molecular weight excluding hydrogens is 467 g/mol. The second kappa shape index (κ2) is 9.70. The van der Waals surface area contributed by atoms with Gasteiger partial charge in [0.15, 0.2) is 5.15 Å². The van der Waals surface area contributed by atoms with E-state index < -0.39 is 15.8 Å². The molecule has 2 N–H and O–H groups in total. The molecule has 0 saturated carbocycles. The van der Waals surface area contributed by atoms with Crippen molar-refractivity contribution in [3.63, 3.8) is 0 Å². The van der Waals surface area contributed by atoms with Crippen molar-refractivity contribution in [1.29, 1.82) is 0 Å². The monoisotopic (exact) mass is 486 g/mol. The van der Waals surface area contributed by atoms with Crippen molar-refractivity contribution in [2.45, 2.75) is 4.90 Å². The average Bonchev–Trinajstić information content (AvgIpc) is 2.81. The second-order valence-electron chi connectivity index (χ2n) is 7.13. The molecule has 2 aromatic carbocycles. The highest BCUT2D eigenvalue weighted by molar-refractivity contribution is 7.92. The molecule has 33 heavy (non-hydrogen) atoms. The number of aromatic nitrogens is 2. The molecule has 0 unspecified atom stereocenters. The lowest BCUT2D eigenvalue weighted by molar-refractivity contribution is 0.211. The summed E-state index contributed by atoms with van der Waals surface area (Å²) in [6.07, 6.45) is 3.29. The average molecular weight is 487 g/mol. The van der Waals surface area contributed by atoms with E-state index in [9.17, 15) is 12.8 Å². The molecule has 0 aliphatic heterocycles. The zero-order chi connectivity index (χ0) is 23.4. The SMILES string of the molecule is COCCNc1ccnc2ccc(-c3cnc(Cl)c(NS(=O)(=O)c4ccc(F)cc4)c3)cc12. The smallest absolute Gasteiger partial charge is 0.261 e. The molecule has 0 aliphatic rings. The van der Waals surface area contributed by atoms with E-state index >= 15 is 0 Å². The molecule has 0 bridgehead atoms. The summed E-state index contributed by atoms with van der Waals surface area (Å²) in [7, 11) is -2.34. The maximum Gasteiger partial charge on any atom is 0.261 e. The Labute approximate surface area is 195 Å². The van der Waals surface area contributed by atoms with Gasteiger partial charge in [-0.1, -0.05) is 17.7 Å². The third kappa shape index (κ3) is 5.22. The lowest BCUT2D eigenvalue weighted by Gasteiger charge is -2.13. The number of sulfonamides is 1. The Morgan fingerprint density at radius 3 is 2.55 bits per heavy atom. The molecule has 0 atom stereocenters. The first-order chi connectivity index (χ1) is 15.9. The summed E-state index contributed by atoms with van der Waals surface area (Å²) in [5.74, 6) is -0.530. The van der Waals surface area contributed by atoms with Crippen LogP contribution in [-0.4, -0.2) is 38.6 Å². The Hall–Kier alpha value is -3.27. The third-order valence-electron chi connectivity index (χ3n) is 4.90. The topological polar surface area (TPSA) is 93.2 Å². The summed E-state index contributed by atoms with van der Waals surface area (Å²) in [6.45, 7) is 1.19. The number of rotatable bonds is 8. The van der Waals surface area contributed by atoms with E-state index in [1.807, 2.05) is 24.3 Å². The van der Waals surface area contributed by atoms with Crippen LogP contribution in [0.4, 0.5) is 15.8 Å². The largest absolute Gasteiger partial charge is 0.383 e. The van der Waals surface area contributed by atoms with Gasteiger partial charge in [-0.05, 0) is 54.1 Å². The van der Waals surface area contributed by atoms with Crippen LogP contribution in [0.25, 0.3) is 22.0 Å². The molecule has 0 radical (unpaired) electrons. The number of anilines is 2. The van der Waals surface area contributed by atoms with Gasteiger partial charge < -0.3 is 10.1 Å². The predicted octanol–water partition coefficient (Wildman–Crippen LogP) is 4.95. The van der Waals surface area contributed by atoms with Crippen LogP contribution in [0, 0.1) is 5.82 Å². The number of methoxy groups -OCH3 is 1. The Balaban J connectivity index is 1.68. The lowest BCUT2D eigenvalue weighted by Crippen LogP contribution is -2.13. The van der Waals surface area contributed by atoms with Gasteiger partial charge >= 0.3 is 0 Å². The highest BCUT2D eigenvalue weighted by atomic mass is 35.5. The van der Waals surface area contributed by atoms with Crippen LogP contribution < -0.4 is 10.0 Å². The Morgan fingerprint density at radius 2 is 1.79 bits per heavy atom. The summed E-state index contributed by atoms with van der Waals surface area (Å²) >= 11 is 6.16. The quantitative estimate of drug-likeness (QED) is 0.270. The molecule has 4 aromatic rings. The standard InChI is InChI=1S/C23H20ClFN4O3S/c1-32-11-10-27-21-8-9-26-20-7-2-15(12-19(20)21)16-13-22(23(24)28-14-16)29-33(30,31)18-5-3-17(25)4-6-18/h2-9,12-14,29H,10-11H2,1H3,(H,26,27). The van der Waals surface area contributed by atoms with Gasteiger partial charge in [0.2, 0.25) is 0 Å². The Kier molecular flexibility index (Phi) is 6.73. The third-order valence-corrected chi connectivity index (χ3v) is 6.59. The molecule has 0 fully saturated rings. The van der Waals surface area contributed by atoms with E-state index in [0.29, 0.717) is 18.7 Å². The van der Waals surface area contributed by atoms with Crippen LogP contribution in [0.2, 0.25) is 5.15 Å². The van der Waals surface area contributed by atoms with Crippen molar-refractivity contribution in [2.75, 3.05) is 30.3 Å². The molecule has 0 spiro atoms. The van der Waals surface area contributed by atoms with Gasteiger partial charge in [0.1, 0.15) is 5.82 Å².